The Kier molecular flexibility index (Phi) is 4.27. The maximum Gasteiger partial charge on any atom is 0.160 e. The van der Waals surface area contributed by atoms with Crippen LogP contribution in [0, 0.1) is 19.7 Å². The predicted octanol–water partition coefficient (Wildman–Crippen LogP) is 4.72. The molecule has 0 atom stereocenters. The van der Waals surface area contributed by atoms with E-state index in [1.54, 1.807) is 26.0 Å². The molecule has 0 unspecified atom stereocenters. The van der Waals surface area contributed by atoms with Crippen molar-refractivity contribution >= 4 is 23.2 Å². The average molecular weight is 300 g/mol. The highest BCUT2D eigenvalue weighted by Gasteiger charge is 2.14. The van der Waals surface area contributed by atoms with Gasteiger partial charge in [0, 0.05) is 0 Å². The van der Waals surface area contributed by atoms with Crippen molar-refractivity contribution in [3.63, 3.8) is 0 Å². The van der Waals surface area contributed by atoms with Gasteiger partial charge in [-0.1, -0.05) is 35.3 Å². The minimum absolute atomic E-state index is 0.266. The van der Waals surface area contributed by atoms with E-state index < -0.39 is 0 Å². The van der Waals surface area contributed by atoms with Gasteiger partial charge in [-0.2, -0.15) is 0 Å². The Morgan fingerprint density at radius 2 is 1.58 bits per heavy atom. The maximum atomic E-state index is 12.8. The van der Waals surface area contributed by atoms with Crippen LogP contribution in [0.5, 0.6) is 5.75 Å². The summed E-state index contributed by atoms with van der Waals surface area (Å²) in [4.78, 5) is 4.21. The second-order valence-electron chi connectivity index (χ2n) is 4.15. The summed E-state index contributed by atoms with van der Waals surface area (Å²) in [6.07, 6.45) is 0. The van der Waals surface area contributed by atoms with Crippen LogP contribution in [0.15, 0.2) is 24.3 Å². The molecule has 2 aromatic rings. The van der Waals surface area contributed by atoms with Gasteiger partial charge in [-0.25, -0.2) is 4.39 Å². The zero-order valence-electron chi connectivity index (χ0n) is 10.5. The van der Waals surface area contributed by atoms with Gasteiger partial charge in [0.2, 0.25) is 0 Å². The number of hydrogen-bond donors (Lipinski definition) is 0. The number of aryl methyl sites for hydroxylation is 2. The lowest BCUT2D eigenvalue weighted by molar-refractivity contribution is 0.305. The molecule has 1 aromatic heterocycles. The molecule has 100 valence electrons. The van der Waals surface area contributed by atoms with Crippen molar-refractivity contribution in [2.45, 2.75) is 20.5 Å². The Morgan fingerprint density at radius 3 is 2.11 bits per heavy atom. The second kappa shape index (κ2) is 5.76. The molecule has 0 bridgehead atoms. The van der Waals surface area contributed by atoms with Crippen molar-refractivity contribution in [2.24, 2.45) is 0 Å². The van der Waals surface area contributed by atoms with Crippen molar-refractivity contribution in [1.82, 2.24) is 4.98 Å². The summed E-state index contributed by atoms with van der Waals surface area (Å²) in [5.41, 5.74) is 2.16. The zero-order chi connectivity index (χ0) is 14.0. The lowest BCUT2D eigenvalue weighted by Gasteiger charge is -2.13. The highest BCUT2D eigenvalue weighted by atomic mass is 35.5. The Hall–Kier alpha value is -1.32. The summed E-state index contributed by atoms with van der Waals surface area (Å²) >= 11 is 12.3. The van der Waals surface area contributed by atoms with Gasteiger partial charge >= 0.3 is 0 Å². The molecule has 5 heteroatoms. The molecule has 2 rings (SSSR count). The Labute approximate surface area is 121 Å². The predicted molar refractivity (Wildman–Crippen MR) is 74.5 cm³/mol. The maximum absolute atomic E-state index is 12.8. The summed E-state index contributed by atoms with van der Waals surface area (Å²) in [6.45, 7) is 3.84. The van der Waals surface area contributed by atoms with Gasteiger partial charge < -0.3 is 4.74 Å². The van der Waals surface area contributed by atoms with E-state index in [0.29, 0.717) is 27.2 Å². The molecule has 0 aliphatic heterocycles. The average Bonchev–Trinajstić information content (AvgIpc) is 2.38. The quantitative estimate of drug-likeness (QED) is 0.818. The molecule has 0 saturated carbocycles. The number of aromatic nitrogens is 1. The fourth-order valence-corrected chi connectivity index (χ4v) is 2.07. The number of ether oxygens (including phenoxy) is 1. The van der Waals surface area contributed by atoms with Gasteiger partial charge in [0.15, 0.2) is 5.75 Å². The number of benzene rings is 1. The topological polar surface area (TPSA) is 22.1 Å². The fourth-order valence-electron chi connectivity index (χ4n) is 1.64. The van der Waals surface area contributed by atoms with Crippen molar-refractivity contribution < 1.29 is 9.13 Å². The van der Waals surface area contributed by atoms with Crippen LogP contribution >= 0.6 is 23.2 Å². The largest absolute Gasteiger partial charge is 0.486 e. The van der Waals surface area contributed by atoms with Crippen LogP contribution in [0.25, 0.3) is 0 Å². The van der Waals surface area contributed by atoms with E-state index in [1.165, 1.54) is 12.1 Å². The Bertz CT molecular complexity index is 573. The van der Waals surface area contributed by atoms with Crippen LogP contribution in [-0.4, -0.2) is 4.98 Å². The molecule has 0 aliphatic rings. The fraction of sp³-hybridized carbons (Fsp3) is 0.214. The van der Waals surface area contributed by atoms with Gasteiger partial charge in [0.05, 0.1) is 11.4 Å². The van der Waals surface area contributed by atoms with Gasteiger partial charge in [-0.05, 0) is 31.5 Å². The van der Waals surface area contributed by atoms with E-state index in [2.05, 4.69) is 4.98 Å². The molecule has 0 radical (unpaired) electrons. The molecular formula is C14H12Cl2FNO. The first-order valence-corrected chi connectivity index (χ1v) is 6.44. The molecule has 0 saturated heterocycles. The monoisotopic (exact) mass is 299 g/mol. The highest BCUT2D eigenvalue weighted by molar-refractivity contribution is 6.37. The van der Waals surface area contributed by atoms with Crippen LogP contribution < -0.4 is 4.74 Å². The Morgan fingerprint density at radius 1 is 1.05 bits per heavy atom. The summed E-state index contributed by atoms with van der Waals surface area (Å²) in [5, 5.41) is 0.801. The van der Waals surface area contributed by atoms with Crippen molar-refractivity contribution in [3.05, 3.63) is 57.1 Å². The summed E-state index contributed by atoms with van der Waals surface area (Å²) in [6, 6.07) is 6.06. The third-order valence-corrected chi connectivity index (χ3v) is 3.56. The molecule has 1 heterocycles. The Balaban J connectivity index is 2.22. The summed E-state index contributed by atoms with van der Waals surface area (Å²) < 4.78 is 18.4. The molecule has 0 N–H and O–H groups in total. The zero-order valence-corrected chi connectivity index (χ0v) is 12.0. The normalized spacial score (nSPS) is 10.6. The van der Waals surface area contributed by atoms with Crippen LogP contribution in [0.4, 0.5) is 4.39 Å². The number of hydrogen-bond acceptors (Lipinski definition) is 2. The highest BCUT2D eigenvalue weighted by Crippen LogP contribution is 2.36. The summed E-state index contributed by atoms with van der Waals surface area (Å²) in [7, 11) is 0. The molecule has 0 amide bonds. The van der Waals surface area contributed by atoms with E-state index >= 15 is 0 Å². The second-order valence-corrected chi connectivity index (χ2v) is 4.91. The van der Waals surface area contributed by atoms with E-state index in [4.69, 9.17) is 27.9 Å². The minimum Gasteiger partial charge on any atom is -0.486 e. The van der Waals surface area contributed by atoms with Crippen LogP contribution in [0.2, 0.25) is 10.0 Å². The van der Waals surface area contributed by atoms with E-state index in [0.717, 1.165) is 5.56 Å². The van der Waals surface area contributed by atoms with Gasteiger partial charge in [-0.15, -0.1) is 0 Å². The SMILES string of the molecule is Cc1nc(C)c(Cl)c(OCc2ccc(F)cc2)c1Cl. The third kappa shape index (κ3) is 3.17. The third-order valence-electron chi connectivity index (χ3n) is 2.67. The number of rotatable bonds is 3. The first kappa shape index (κ1) is 14.1. The first-order chi connectivity index (χ1) is 8.99. The number of pyridine rings is 1. The van der Waals surface area contributed by atoms with Crippen molar-refractivity contribution in [1.29, 1.82) is 0 Å². The first-order valence-electron chi connectivity index (χ1n) is 5.68. The molecule has 1 aromatic carbocycles. The van der Waals surface area contributed by atoms with E-state index in [1.807, 2.05) is 0 Å². The number of halogens is 3. The minimum atomic E-state index is -0.282. The van der Waals surface area contributed by atoms with Crippen LogP contribution in [0.1, 0.15) is 17.0 Å². The van der Waals surface area contributed by atoms with Crippen LogP contribution in [-0.2, 0) is 6.61 Å². The molecule has 0 aliphatic carbocycles. The van der Waals surface area contributed by atoms with Gasteiger partial charge in [0.25, 0.3) is 0 Å². The standard InChI is InChI=1S/C14H12Cl2FNO/c1-8-12(15)14(13(16)9(2)18-8)19-7-10-3-5-11(17)6-4-10/h3-6H,7H2,1-2H3. The summed E-state index contributed by atoms with van der Waals surface area (Å²) in [5.74, 6) is 0.132. The van der Waals surface area contributed by atoms with E-state index in [-0.39, 0.29) is 12.4 Å². The van der Waals surface area contributed by atoms with Crippen LogP contribution in [0.3, 0.4) is 0 Å². The van der Waals surface area contributed by atoms with Gasteiger partial charge in [-0.3, -0.25) is 4.98 Å². The van der Waals surface area contributed by atoms with Crippen molar-refractivity contribution in [2.75, 3.05) is 0 Å². The molecular weight excluding hydrogens is 288 g/mol. The van der Waals surface area contributed by atoms with E-state index in [9.17, 15) is 4.39 Å². The lowest BCUT2D eigenvalue weighted by Crippen LogP contribution is -2.00. The number of nitrogens with zero attached hydrogens (tertiary/aromatic N) is 1. The van der Waals surface area contributed by atoms with Gasteiger partial charge in [0.1, 0.15) is 22.5 Å². The smallest absolute Gasteiger partial charge is 0.160 e. The molecule has 19 heavy (non-hydrogen) atoms. The lowest BCUT2D eigenvalue weighted by atomic mass is 10.2. The van der Waals surface area contributed by atoms with Crippen molar-refractivity contribution in [3.8, 4) is 5.75 Å². The molecule has 0 fully saturated rings. The molecule has 2 nitrogen and oxygen atoms in total. The molecule has 0 spiro atoms.